The Morgan fingerprint density at radius 3 is 2.62 bits per heavy atom. The first-order valence-corrected chi connectivity index (χ1v) is 11.3. The van der Waals surface area contributed by atoms with Gasteiger partial charge in [-0.3, -0.25) is 19.4 Å². The van der Waals surface area contributed by atoms with Gasteiger partial charge < -0.3 is 15.0 Å². The summed E-state index contributed by atoms with van der Waals surface area (Å²) in [5.74, 6) is -0.990. The quantitative estimate of drug-likeness (QED) is 0.517. The fraction of sp³-hybridized carbons (Fsp3) is 0.259. The Morgan fingerprint density at radius 1 is 1.12 bits per heavy atom. The molecule has 1 aliphatic rings. The van der Waals surface area contributed by atoms with Crippen molar-refractivity contribution in [3.8, 4) is 0 Å². The van der Waals surface area contributed by atoms with Crippen LogP contribution >= 0.6 is 0 Å². The average Bonchev–Trinajstić information content (AvgIpc) is 3.15. The summed E-state index contributed by atoms with van der Waals surface area (Å²) >= 11 is 0. The molecule has 2 heterocycles. The monoisotopic (exact) mass is 457 g/mol. The minimum absolute atomic E-state index is 0.00125. The second-order valence-electron chi connectivity index (χ2n) is 8.31. The molecule has 0 saturated heterocycles. The van der Waals surface area contributed by atoms with Crippen LogP contribution in [-0.2, 0) is 22.6 Å². The van der Waals surface area contributed by atoms with E-state index in [0.717, 1.165) is 22.3 Å². The first kappa shape index (κ1) is 23.2. The van der Waals surface area contributed by atoms with Crippen LogP contribution in [0.25, 0.3) is 0 Å². The highest BCUT2D eigenvalue weighted by Gasteiger charge is 2.32. The standard InChI is InChI=1S/C27H27N3O4/c1-3-34-24(31)14-23(20-11-9-18(2)10-12-20)29-26(32)22-8-4-7-21-17-30(27(33)25(21)22)16-19-6-5-13-28-15-19/h4-13,15,23H,3,14,16-17H2,1-2H3,(H,29,32)/t23-/m0/s1. The summed E-state index contributed by atoms with van der Waals surface area (Å²) in [6.45, 7) is 4.82. The molecule has 2 amide bonds. The zero-order chi connectivity index (χ0) is 24.1. The lowest BCUT2D eigenvalue weighted by Crippen LogP contribution is -2.32. The lowest BCUT2D eigenvalue weighted by atomic mass is 9.99. The molecule has 0 bridgehead atoms. The number of ether oxygens (including phenoxy) is 1. The lowest BCUT2D eigenvalue weighted by Gasteiger charge is -2.20. The molecule has 0 unspecified atom stereocenters. The van der Waals surface area contributed by atoms with Crippen molar-refractivity contribution >= 4 is 17.8 Å². The average molecular weight is 458 g/mol. The first-order valence-electron chi connectivity index (χ1n) is 11.3. The highest BCUT2D eigenvalue weighted by Crippen LogP contribution is 2.28. The van der Waals surface area contributed by atoms with Crippen molar-refractivity contribution in [2.75, 3.05) is 6.61 Å². The number of nitrogens with zero attached hydrogens (tertiary/aromatic N) is 2. The number of carbonyl (C=O) groups excluding carboxylic acids is 3. The molecule has 7 heteroatoms. The minimum Gasteiger partial charge on any atom is -0.466 e. The number of aryl methyl sites for hydroxylation is 1. The molecule has 0 saturated carbocycles. The highest BCUT2D eigenvalue weighted by atomic mass is 16.5. The van der Waals surface area contributed by atoms with Crippen molar-refractivity contribution in [1.29, 1.82) is 0 Å². The Morgan fingerprint density at radius 2 is 1.91 bits per heavy atom. The molecule has 0 spiro atoms. The number of nitrogens with one attached hydrogen (secondary N) is 1. The van der Waals surface area contributed by atoms with Gasteiger partial charge in [-0.15, -0.1) is 0 Å². The molecule has 2 aromatic carbocycles. The molecule has 1 atom stereocenters. The molecule has 4 rings (SSSR count). The van der Waals surface area contributed by atoms with Crippen molar-refractivity contribution in [3.63, 3.8) is 0 Å². The van der Waals surface area contributed by atoms with E-state index in [0.29, 0.717) is 24.2 Å². The molecular weight excluding hydrogens is 430 g/mol. The molecule has 0 aliphatic carbocycles. The van der Waals surface area contributed by atoms with Crippen LogP contribution in [-0.4, -0.2) is 34.3 Å². The van der Waals surface area contributed by atoms with Gasteiger partial charge in [0, 0.05) is 25.5 Å². The largest absolute Gasteiger partial charge is 0.466 e. The molecule has 3 aromatic rings. The molecule has 174 valence electrons. The molecule has 0 radical (unpaired) electrons. The summed E-state index contributed by atoms with van der Waals surface area (Å²) in [5, 5.41) is 2.95. The number of benzene rings is 2. The number of aromatic nitrogens is 1. The third-order valence-electron chi connectivity index (χ3n) is 5.82. The molecule has 0 fully saturated rings. The van der Waals surface area contributed by atoms with Gasteiger partial charge in [0.15, 0.2) is 0 Å². The van der Waals surface area contributed by atoms with E-state index in [1.807, 2.05) is 49.4 Å². The topological polar surface area (TPSA) is 88.6 Å². The molecule has 1 N–H and O–H groups in total. The van der Waals surface area contributed by atoms with Gasteiger partial charge in [-0.25, -0.2) is 0 Å². The summed E-state index contributed by atoms with van der Waals surface area (Å²) in [5.41, 5.74) is 4.30. The smallest absolute Gasteiger partial charge is 0.308 e. The predicted molar refractivity (Wildman–Crippen MR) is 127 cm³/mol. The van der Waals surface area contributed by atoms with Crippen molar-refractivity contribution < 1.29 is 19.1 Å². The zero-order valence-electron chi connectivity index (χ0n) is 19.3. The number of amides is 2. The third-order valence-corrected chi connectivity index (χ3v) is 5.82. The maximum absolute atomic E-state index is 13.4. The van der Waals surface area contributed by atoms with E-state index in [9.17, 15) is 14.4 Å². The second kappa shape index (κ2) is 10.3. The summed E-state index contributed by atoms with van der Waals surface area (Å²) in [4.78, 5) is 44.6. The molecule has 1 aliphatic heterocycles. The third kappa shape index (κ3) is 5.14. The van der Waals surface area contributed by atoms with Crippen LogP contribution in [0.15, 0.2) is 67.0 Å². The van der Waals surface area contributed by atoms with Crippen LogP contribution in [0.1, 0.15) is 62.4 Å². The number of hydrogen-bond donors (Lipinski definition) is 1. The van der Waals surface area contributed by atoms with Crippen LogP contribution in [0.3, 0.4) is 0 Å². The van der Waals surface area contributed by atoms with Gasteiger partial charge in [0.05, 0.1) is 30.2 Å². The van der Waals surface area contributed by atoms with Gasteiger partial charge in [0.25, 0.3) is 11.8 Å². The van der Waals surface area contributed by atoms with E-state index >= 15 is 0 Å². The normalized spacial score (nSPS) is 13.4. The summed E-state index contributed by atoms with van der Waals surface area (Å²) in [7, 11) is 0. The number of carbonyl (C=O) groups is 3. The maximum Gasteiger partial charge on any atom is 0.308 e. The van der Waals surface area contributed by atoms with Crippen LogP contribution in [0.4, 0.5) is 0 Å². The van der Waals surface area contributed by atoms with Gasteiger partial charge in [-0.05, 0) is 42.7 Å². The van der Waals surface area contributed by atoms with Crippen LogP contribution < -0.4 is 5.32 Å². The maximum atomic E-state index is 13.4. The summed E-state index contributed by atoms with van der Waals surface area (Å²) < 4.78 is 5.11. The number of rotatable bonds is 8. The molecular formula is C27H27N3O4. The fourth-order valence-corrected chi connectivity index (χ4v) is 4.12. The Kier molecular flexibility index (Phi) is 7.01. The van der Waals surface area contributed by atoms with Crippen molar-refractivity contribution in [3.05, 3.63) is 100 Å². The van der Waals surface area contributed by atoms with E-state index in [4.69, 9.17) is 4.74 Å². The van der Waals surface area contributed by atoms with Crippen molar-refractivity contribution in [2.24, 2.45) is 0 Å². The Balaban J connectivity index is 1.57. The number of pyridine rings is 1. The fourth-order valence-electron chi connectivity index (χ4n) is 4.12. The van der Waals surface area contributed by atoms with Gasteiger partial charge >= 0.3 is 5.97 Å². The van der Waals surface area contributed by atoms with Gasteiger partial charge in [0.2, 0.25) is 0 Å². The molecule has 7 nitrogen and oxygen atoms in total. The summed E-state index contributed by atoms with van der Waals surface area (Å²) in [6.07, 6.45) is 3.41. The molecule has 34 heavy (non-hydrogen) atoms. The van der Waals surface area contributed by atoms with Gasteiger partial charge in [0.1, 0.15) is 0 Å². The predicted octanol–water partition coefficient (Wildman–Crippen LogP) is 3.97. The van der Waals surface area contributed by atoms with E-state index in [2.05, 4.69) is 10.3 Å². The first-order chi connectivity index (χ1) is 16.5. The highest BCUT2D eigenvalue weighted by molar-refractivity contribution is 6.09. The van der Waals surface area contributed by atoms with E-state index < -0.39 is 17.9 Å². The number of fused-ring (bicyclic) bond motifs is 1. The van der Waals surface area contributed by atoms with Crippen LogP contribution in [0.5, 0.6) is 0 Å². The Labute approximate surface area is 198 Å². The lowest BCUT2D eigenvalue weighted by molar-refractivity contribution is -0.143. The Bertz CT molecular complexity index is 1190. The Hall–Kier alpha value is -4.00. The van der Waals surface area contributed by atoms with Crippen LogP contribution in [0, 0.1) is 6.92 Å². The van der Waals surface area contributed by atoms with E-state index in [-0.39, 0.29) is 18.9 Å². The summed E-state index contributed by atoms with van der Waals surface area (Å²) in [6, 6.07) is 16.1. The zero-order valence-corrected chi connectivity index (χ0v) is 19.3. The van der Waals surface area contributed by atoms with E-state index in [1.54, 1.807) is 36.4 Å². The SMILES string of the molecule is CCOC(=O)C[C@H](NC(=O)c1cccc2c1C(=O)N(Cc1cccnc1)C2)c1ccc(C)cc1. The van der Waals surface area contributed by atoms with Crippen molar-refractivity contribution in [2.45, 2.75) is 39.4 Å². The van der Waals surface area contributed by atoms with Crippen molar-refractivity contribution in [1.82, 2.24) is 15.2 Å². The minimum atomic E-state index is -0.578. The number of hydrogen-bond acceptors (Lipinski definition) is 5. The van der Waals surface area contributed by atoms with E-state index in [1.165, 1.54) is 0 Å². The molecule has 1 aromatic heterocycles. The van der Waals surface area contributed by atoms with Gasteiger partial charge in [-0.2, -0.15) is 0 Å². The number of esters is 1. The van der Waals surface area contributed by atoms with Crippen LogP contribution in [0.2, 0.25) is 0 Å². The van der Waals surface area contributed by atoms with Gasteiger partial charge in [-0.1, -0.05) is 48.0 Å². The second-order valence-corrected chi connectivity index (χ2v) is 8.31.